The maximum Gasteiger partial charge on any atom is 0.316 e. The number of hydrogen-bond donors (Lipinski definition) is 4. The van der Waals surface area contributed by atoms with Gasteiger partial charge in [-0.3, -0.25) is 4.79 Å². The number of primary amides is 1. The number of amides is 3. The average molecular weight is 329 g/mol. The van der Waals surface area contributed by atoms with E-state index >= 15 is 0 Å². The minimum atomic E-state index is -0.865. The summed E-state index contributed by atoms with van der Waals surface area (Å²) in [5, 5.41) is 5.39. The largest absolute Gasteiger partial charge is 0.351 e. The number of anilines is 1. The summed E-state index contributed by atoms with van der Waals surface area (Å²) in [5.74, 6) is -0.170. The highest BCUT2D eigenvalue weighted by atomic mass is 35.5. The molecule has 1 aromatic rings. The first-order valence-corrected chi connectivity index (χ1v) is 7.02. The first-order chi connectivity index (χ1) is 9.76. The van der Waals surface area contributed by atoms with Crippen LogP contribution in [0.1, 0.15) is 45.2 Å². The van der Waals surface area contributed by atoms with Crippen molar-refractivity contribution in [2.24, 2.45) is 11.5 Å². The van der Waals surface area contributed by atoms with Crippen molar-refractivity contribution in [2.75, 3.05) is 5.32 Å². The zero-order valence-corrected chi connectivity index (χ0v) is 14.0. The summed E-state index contributed by atoms with van der Waals surface area (Å²) in [6.45, 7) is 5.61. The maximum absolute atomic E-state index is 12.1. The van der Waals surface area contributed by atoms with Crippen molar-refractivity contribution in [1.29, 1.82) is 0 Å². The maximum atomic E-state index is 12.1. The van der Waals surface area contributed by atoms with Gasteiger partial charge in [0.15, 0.2) is 0 Å². The summed E-state index contributed by atoms with van der Waals surface area (Å²) in [6.07, 6.45) is 1.48. The first kappa shape index (κ1) is 20.2. The number of halogens is 1. The van der Waals surface area contributed by atoms with Gasteiger partial charge in [-0.15, -0.1) is 12.4 Å². The fraction of sp³-hybridized carbons (Fsp3) is 0.467. The van der Waals surface area contributed by atoms with Crippen LogP contribution in [0.3, 0.4) is 0 Å². The number of hydrogen-bond acceptors (Lipinski definition) is 3. The van der Waals surface area contributed by atoms with Crippen molar-refractivity contribution >= 4 is 30.0 Å². The fourth-order valence-electron chi connectivity index (χ4n) is 2.08. The van der Waals surface area contributed by atoms with Crippen LogP contribution < -0.4 is 22.1 Å². The Hall–Kier alpha value is -1.79. The standard InChI is InChI=1S/C15H24N4O2.ClH/c1-4-9-15(3,17)13(20)18-10(2)11-5-7-12(8-6-11)19-14(16)21;/h5-8,10H,4,9,17H2,1-3H3,(H,18,20)(H3,16,19,21);1H. The van der Waals surface area contributed by atoms with E-state index in [1.165, 1.54) is 0 Å². The van der Waals surface area contributed by atoms with Gasteiger partial charge in [0, 0.05) is 5.69 Å². The third-order valence-electron chi connectivity index (χ3n) is 3.31. The van der Waals surface area contributed by atoms with Crippen LogP contribution >= 0.6 is 12.4 Å². The number of nitrogens with two attached hydrogens (primary N) is 2. The zero-order chi connectivity index (χ0) is 16.0. The summed E-state index contributed by atoms with van der Waals surface area (Å²) in [4.78, 5) is 22.9. The van der Waals surface area contributed by atoms with Gasteiger partial charge in [0.2, 0.25) is 5.91 Å². The third-order valence-corrected chi connectivity index (χ3v) is 3.31. The molecule has 0 aromatic heterocycles. The van der Waals surface area contributed by atoms with E-state index in [2.05, 4.69) is 10.6 Å². The molecule has 3 amide bonds. The van der Waals surface area contributed by atoms with E-state index < -0.39 is 11.6 Å². The third kappa shape index (κ3) is 5.91. The molecule has 7 heteroatoms. The van der Waals surface area contributed by atoms with E-state index in [-0.39, 0.29) is 24.4 Å². The molecule has 2 unspecified atom stereocenters. The van der Waals surface area contributed by atoms with Crippen LogP contribution in [0.15, 0.2) is 24.3 Å². The quantitative estimate of drug-likeness (QED) is 0.643. The van der Waals surface area contributed by atoms with Gasteiger partial charge < -0.3 is 22.1 Å². The van der Waals surface area contributed by atoms with Crippen LogP contribution in [0.4, 0.5) is 10.5 Å². The molecule has 1 rings (SSSR count). The highest BCUT2D eigenvalue weighted by Gasteiger charge is 2.28. The molecule has 0 spiro atoms. The van der Waals surface area contributed by atoms with Crippen molar-refractivity contribution in [3.63, 3.8) is 0 Å². The summed E-state index contributed by atoms with van der Waals surface area (Å²) in [7, 11) is 0. The Balaban J connectivity index is 0.00000441. The molecule has 6 nitrogen and oxygen atoms in total. The first-order valence-electron chi connectivity index (χ1n) is 7.02. The van der Waals surface area contributed by atoms with Gasteiger partial charge in [0.05, 0.1) is 11.6 Å². The molecule has 0 saturated carbocycles. The van der Waals surface area contributed by atoms with Crippen molar-refractivity contribution < 1.29 is 9.59 Å². The Morgan fingerprint density at radius 3 is 2.27 bits per heavy atom. The van der Waals surface area contributed by atoms with Crippen LogP contribution in [0.5, 0.6) is 0 Å². The fourth-order valence-corrected chi connectivity index (χ4v) is 2.08. The SMILES string of the molecule is CCCC(C)(N)C(=O)NC(C)c1ccc(NC(N)=O)cc1.Cl. The van der Waals surface area contributed by atoms with Gasteiger partial charge in [-0.1, -0.05) is 25.5 Å². The molecular weight excluding hydrogens is 304 g/mol. The number of carbonyl (C=O) groups is 2. The molecule has 0 heterocycles. The van der Waals surface area contributed by atoms with Crippen LogP contribution in [-0.4, -0.2) is 17.5 Å². The second-order valence-corrected chi connectivity index (χ2v) is 5.47. The predicted molar refractivity (Wildman–Crippen MR) is 91.0 cm³/mol. The second kappa shape index (κ2) is 8.60. The van der Waals surface area contributed by atoms with E-state index in [9.17, 15) is 9.59 Å². The molecule has 124 valence electrons. The smallest absolute Gasteiger partial charge is 0.316 e. The van der Waals surface area contributed by atoms with E-state index in [0.29, 0.717) is 12.1 Å². The van der Waals surface area contributed by atoms with Gasteiger partial charge in [0.25, 0.3) is 0 Å². The molecule has 2 atom stereocenters. The molecule has 6 N–H and O–H groups in total. The normalized spacial score (nSPS) is 14.2. The van der Waals surface area contributed by atoms with Crippen LogP contribution in [-0.2, 0) is 4.79 Å². The van der Waals surface area contributed by atoms with Crippen LogP contribution in [0.2, 0.25) is 0 Å². The molecule has 0 radical (unpaired) electrons. The van der Waals surface area contributed by atoms with E-state index in [1.54, 1.807) is 19.1 Å². The molecule has 0 saturated heterocycles. The van der Waals surface area contributed by atoms with E-state index in [0.717, 1.165) is 12.0 Å². The monoisotopic (exact) mass is 328 g/mol. The van der Waals surface area contributed by atoms with Crippen LogP contribution in [0.25, 0.3) is 0 Å². The van der Waals surface area contributed by atoms with Gasteiger partial charge in [-0.05, 0) is 38.0 Å². The van der Waals surface area contributed by atoms with Crippen molar-refractivity contribution in [3.05, 3.63) is 29.8 Å². The summed E-state index contributed by atoms with van der Waals surface area (Å²) in [6, 6.07) is 6.34. The molecule has 0 aliphatic rings. The lowest BCUT2D eigenvalue weighted by molar-refractivity contribution is -0.126. The second-order valence-electron chi connectivity index (χ2n) is 5.47. The number of benzene rings is 1. The number of nitrogens with one attached hydrogen (secondary N) is 2. The van der Waals surface area contributed by atoms with Gasteiger partial charge in [-0.2, -0.15) is 0 Å². The summed E-state index contributed by atoms with van der Waals surface area (Å²) < 4.78 is 0. The molecule has 1 aromatic carbocycles. The topological polar surface area (TPSA) is 110 Å². The zero-order valence-electron chi connectivity index (χ0n) is 13.2. The van der Waals surface area contributed by atoms with E-state index in [1.807, 2.05) is 26.0 Å². The van der Waals surface area contributed by atoms with E-state index in [4.69, 9.17) is 11.5 Å². The Bertz CT molecular complexity index is 503. The molecular formula is C15H25ClN4O2. The lowest BCUT2D eigenvalue weighted by Gasteiger charge is -2.25. The Kier molecular flexibility index (Phi) is 7.90. The lowest BCUT2D eigenvalue weighted by atomic mass is 9.95. The van der Waals surface area contributed by atoms with Gasteiger partial charge in [0.1, 0.15) is 0 Å². The highest BCUT2D eigenvalue weighted by Crippen LogP contribution is 2.17. The lowest BCUT2D eigenvalue weighted by Crippen LogP contribution is -2.52. The van der Waals surface area contributed by atoms with Crippen molar-refractivity contribution in [3.8, 4) is 0 Å². The molecule has 0 aliphatic carbocycles. The van der Waals surface area contributed by atoms with Crippen molar-refractivity contribution in [1.82, 2.24) is 5.32 Å². The molecule has 0 bridgehead atoms. The van der Waals surface area contributed by atoms with Crippen molar-refractivity contribution in [2.45, 2.75) is 45.2 Å². The minimum absolute atomic E-state index is 0. The summed E-state index contributed by atoms with van der Waals surface area (Å²) >= 11 is 0. The Morgan fingerprint density at radius 1 is 1.27 bits per heavy atom. The average Bonchev–Trinajstić information content (AvgIpc) is 2.38. The molecule has 22 heavy (non-hydrogen) atoms. The number of urea groups is 1. The predicted octanol–water partition coefficient (Wildman–Crippen LogP) is 2.29. The minimum Gasteiger partial charge on any atom is -0.351 e. The van der Waals surface area contributed by atoms with Gasteiger partial charge in [-0.25, -0.2) is 4.79 Å². The Labute approximate surface area is 137 Å². The Morgan fingerprint density at radius 2 is 1.82 bits per heavy atom. The number of rotatable bonds is 6. The molecule has 0 fully saturated rings. The van der Waals surface area contributed by atoms with Crippen LogP contribution in [0, 0.1) is 0 Å². The number of carbonyl (C=O) groups excluding carboxylic acids is 2. The summed E-state index contributed by atoms with van der Waals surface area (Å²) in [5.41, 5.74) is 11.7. The highest BCUT2D eigenvalue weighted by molar-refractivity contribution is 5.88. The van der Waals surface area contributed by atoms with Gasteiger partial charge >= 0.3 is 6.03 Å². The molecule has 0 aliphatic heterocycles.